The molecule has 1 aromatic heterocycles. The molecule has 0 spiro atoms. The van der Waals surface area contributed by atoms with Gasteiger partial charge in [0.05, 0.1) is 35.5 Å². The standard InChI is InChI=1S/C24H31N3O5S/c1-6-21-20-11-8-16(12-17(20)15-27(21)23(29)32-24(3,4)5)22(28)26-13-18-9-10-19(14-25-18)33(30,31)7-2/h8-12,14,21H,6-7,13,15H2,1-5H3,(H,26,28)/t21-/m0/s1. The Balaban J connectivity index is 1.68. The molecule has 0 bridgehead atoms. The van der Waals surface area contributed by atoms with Crippen LogP contribution in [0.5, 0.6) is 0 Å². The molecule has 33 heavy (non-hydrogen) atoms. The Hall–Kier alpha value is -2.94. The van der Waals surface area contributed by atoms with Crippen molar-refractivity contribution in [1.82, 2.24) is 15.2 Å². The first-order valence-electron chi connectivity index (χ1n) is 11.0. The third-order valence-corrected chi connectivity index (χ3v) is 7.18. The Morgan fingerprint density at radius 3 is 2.48 bits per heavy atom. The van der Waals surface area contributed by atoms with Crippen LogP contribution in [0, 0.1) is 0 Å². The Labute approximate surface area is 195 Å². The number of pyridine rings is 1. The van der Waals surface area contributed by atoms with E-state index in [-0.39, 0.29) is 35.2 Å². The highest BCUT2D eigenvalue weighted by molar-refractivity contribution is 7.91. The number of hydrogen-bond acceptors (Lipinski definition) is 6. The Kier molecular flexibility index (Phi) is 7.11. The van der Waals surface area contributed by atoms with Crippen molar-refractivity contribution in [2.24, 2.45) is 0 Å². The predicted molar refractivity (Wildman–Crippen MR) is 124 cm³/mol. The van der Waals surface area contributed by atoms with Crippen molar-refractivity contribution >= 4 is 21.8 Å². The van der Waals surface area contributed by atoms with Crippen molar-refractivity contribution in [1.29, 1.82) is 0 Å². The van der Waals surface area contributed by atoms with Gasteiger partial charge in [-0.25, -0.2) is 13.2 Å². The van der Waals surface area contributed by atoms with Crippen LogP contribution in [-0.2, 0) is 27.7 Å². The van der Waals surface area contributed by atoms with Crippen LogP contribution < -0.4 is 5.32 Å². The fourth-order valence-electron chi connectivity index (χ4n) is 3.76. The molecular weight excluding hydrogens is 442 g/mol. The highest BCUT2D eigenvalue weighted by Crippen LogP contribution is 2.37. The minimum Gasteiger partial charge on any atom is -0.444 e. The van der Waals surface area contributed by atoms with Gasteiger partial charge < -0.3 is 10.1 Å². The van der Waals surface area contributed by atoms with E-state index in [1.54, 1.807) is 24.0 Å². The van der Waals surface area contributed by atoms with E-state index in [1.165, 1.54) is 12.3 Å². The first kappa shape index (κ1) is 24.7. The molecule has 1 aliphatic heterocycles. The zero-order valence-electron chi connectivity index (χ0n) is 19.7. The van der Waals surface area contributed by atoms with Crippen LogP contribution in [0.25, 0.3) is 0 Å². The minimum absolute atomic E-state index is 0.00728. The van der Waals surface area contributed by atoms with Gasteiger partial charge in [-0.2, -0.15) is 0 Å². The topological polar surface area (TPSA) is 106 Å². The van der Waals surface area contributed by atoms with Gasteiger partial charge in [0.15, 0.2) is 9.84 Å². The summed E-state index contributed by atoms with van der Waals surface area (Å²) in [6.07, 6.45) is 1.69. The Bertz CT molecular complexity index is 1140. The molecule has 0 unspecified atom stereocenters. The van der Waals surface area contributed by atoms with Gasteiger partial charge in [0.25, 0.3) is 5.91 Å². The van der Waals surface area contributed by atoms with E-state index in [0.717, 1.165) is 17.5 Å². The monoisotopic (exact) mass is 473 g/mol. The van der Waals surface area contributed by atoms with Crippen LogP contribution in [0.1, 0.15) is 74.3 Å². The molecular formula is C24H31N3O5S. The van der Waals surface area contributed by atoms with Crippen LogP contribution in [0.4, 0.5) is 4.79 Å². The second kappa shape index (κ2) is 9.51. The molecule has 0 saturated heterocycles. The maximum Gasteiger partial charge on any atom is 0.411 e. The molecule has 0 saturated carbocycles. The summed E-state index contributed by atoms with van der Waals surface area (Å²) in [6, 6.07) is 8.46. The third-order valence-electron chi connectivity index (χ3n) is 5.46. The van der Waals surface area contributed by atoms with E-state index in [0.29, 0.717) is 17.8 Å². The van der Waals surface area contributed by atoms with E-state index in [2.05, 4.69) is 10.3 Å². The summed E-state index contributed by atoms with van der Waals surface area (Å²) < 4.78 is 29.3. The van der Waals surface area contributed by atoms with Gasteiger partial charge in [0.1, 0.15) is 5.60 Å². The number of nitrogens with zero attached hydrogens (tertiary/aromatic N) is 2. The molecule has 9 heteroatoms. The summed E-state index contributed by atoms with van der Waals surface area (Å²) in [6.45, 7) is 9.66. The predicted octanol–water partition coefficient (Wildman–Crippen LogP) is 4.01. The van der Waals surface area contributed by atoms with Crippen LogP contribution >= 0.6 is 0 Å². The number of amides is 2. The molecule has 0 fully saturated rings. The van der Waals surface area contributed by atoms with E-state index in [1.807, 2.05) is 39.8 Å². The van der Waals surface area contributed by atoms with Crippen molar-refractivity contribution in [3.8, 4) is 0 Å². The summed E-state index contributed by atoms with van der Waals surface area (Å²) in [7, 11) is -3.31. The zero-order chi connectivity index (χ0) is 24.4. The molecule has 3 rings (SSSR count). The fourth-order valence-corrected chi connectivity index (χ4v) is 4.58. The SMILES string of the molecule is CC[C@H]1c2ccc(C(=O)NCc3ccc(S(=O)(=O)CC)cn3)cc2CN1C(=O)OC(C)(C)C. The normalized spacial score (nSPS) is 15.8. The number of fused-ring (bicyclic) bond motifs is 1. The lowest BCUT2D eigenvalue weighted by atomic mass is 10.0. The lowest BCUT2D eigenvalue weighted by Gasteiger charge is -2.28. The van der Waals surface area contributed by atoms with E-state index < -0.39 is 15.4 Å². The van der Waals surface area contributed by atoms with Crippen LogP contribution in [0.15, 0.2) is 41.4 Å². The first-order chi connectivity index (χ1) is 15.4. The summed E-state index contributed by atoms with van der Waals surface area (Å²) in [4.78, 5) is 31.4. The van der Waals surface area contributed by atoms with Crippen molar-refractivity contribution in [3.05, 3.63) is 58.9 Å². The quantitative estimate of drug-likeness (QED) is 0.680. The molecule has 0 aliphatic carbocycles. The smallest absolute Gasteiger partial charge is 0.411 e. The zero-order valence-corrected chi connectivity index (χ0v) is 20.5. The van der Waals surface area contributed by atoms with Crippen LogP contribution in [0.3, 0.4) is 0 Å². The van der Waals surface area contributed by atoms with Gasteiger partial charge >= 0.3 is 6.09 Å². The number of nitrogens with one attached hydrogen (secondary N) is 1. The van der Waals surface area contributed by atoms with Crippen molar-refractivity contribution in [2.75, 3.05) is 5.75 Å². The molecule has 2 aromatic rings. The number of hydrogen-bond donors (Lipinski definition) is 1. The molecule has 1 N–H and O–H groups in total. The molecule has 1 atom stereocenters. The summed E-state index contributed by atoms with van der Waals surface area (Å²) in [5, 5.41) is 2.81. The average Bonchev–Trinajstić information content (AvgIpc) is 3.14. The highest BCUT2D eigenvalue weighted by Gasteiger charge is 2.35. The van der Waals surface area contributed by atoms with Gasteiger partial charge in [-0.3, -0.25) is 14.7 Å². The van der Waals surface area contributed by atoms with Crippen LogP contribution in [-0.4, -0.2) is 41.7 Å². The molecule has 2 heterocycles. The summed E-state index contributed by atoms with van der Waals surface area (Å²) in [5.74, 6) is -0.263. The highest BCUT2D eigenvalue weighted by atomic mass is 32.2. The lowest BCUT2D eigenvalue weighted by Crippen LogP contribution is -2.35. The number of benzene rings is 1. The first-order valence-corrected chi connectivity index (χ1v) is 12.7. The van der Waals surface area contributed by atoms with Crippen molar-refractivity contribution < 1.29 is 22.7 Å². The van der Waals surface area contributed by atoms with E-state index in [4.69, 9.17) is 4.74 Å². The van der Waals surface area contributed by atoms with Gasteiger partial charge in [-0.1, -0.05) is 19.9 Å². The van der Waals surface area contributed by atoms with Gasteiger partial charge in [-0.05, 0) is 62.6 Å². The van der Waals surface area contributed by atoms with Crippen molar-refractivity contribution in [3.63, 3.8) is 0 Å². The Morgan fingerprint density at radius 1 is 1.18 bits per heavy atom. The minimum atomic E-state index is -3.31. The van der Waals surface area contributed by atoms with E-state index >= 15 is 0 Å². The van der Waals surface area contributed by atoms with E-state index in [9.17, 15) is 18.0 Å². The molecule has 8 nitrogen and oxygen atoms in total. The van der Waals surface area contributed by atoms with Crippen molar-refractivity contribution in [2.45, 2.75) is 70.7 Å². The summed E-state index contributed by atoms with van der Waals surface area (Å²) >= 11 is 0. The number of rotatable bonds is 6. The number of carbonyl (C=O) groups excluding carboxylic acids is 2. The lowest BCUT2D eigenvalue weighted by molar-refractivity contribution is 0.0168. The van der Waals surface area contributed by atoms with Gasteiger partial charge in [0.2, 0.25) is 0 Å². The number of aromatic nitrogens is 1. The van der Waals surface area contributed by atoms with Gasteiger partial charge in [-0.15, -0.1) is 0 Å². The molecule has 1 aliphatic rings. The second-order valence-electron chi connectivity index (χ2n) is 9.02. The average molecular weight is 474 g/mol. The maximum atomic E-state index is 12.7. The molecule has 178 valence electrons. The maximum absolute atomic E-state index is 12.7. The number of sulfone groups is 1. The molecule has 2 amide bonds. The fraction of sp³-hybridized carbons (Fsp3) is 0.458. The summed E-state index contributed by atoms with van der Waals surface area (Å²) in [5.41, 5.74) is 2.41. The van der Waals surface area contributed by atoms with Crippen LogP contribution in [0.2, 0.25) is 0 Å². The third kappa shape index (κ3) is 5.71. The largest absolute Gasteiger partial charge is 0.444 e. The van der Waals surface area contributed by atoms with Gasteiger partial charge in [0, 0.05) is 11.8 Å². The second-order valence-corrected chi connectivity index (χ2v) is 11.3. The number of ether oxygens (including phenoxy) is 1. The molecule has 0 radical (unpaired) electrons. The molecule has 1 aromatic carbocycles. The number of carbonyl (C=O) groups is 2. The Morgan fingerprint density at radius 2 is 1.91 bits per heavy atom.